The van der Waals surface area contributed by atoms with Gasteiger partial charge in [0.1, 0.15) is 12.2 Å². The number of benzene rings is 1. The maximum Gasteiger partial charge on any atom is 0.306 e. The van der Waals surface area contributed by atoms with Gasteiger partial charge in [0.05, 0.1) is 29.6 Å². The molecule has 0 bridgehead atoms. The molecule has 0 saturated heterocycles. The average Bonchev–Trinajstić information content (AvgIpc) is 3.61. The maximum absolute atomic E-state index is 12.5. The third kappa shape index (κ3) is 23.7. The second kappa shape index (κ2) is 32.5. The van der Waals surface area contributed by atoms with Crippen molar-refractivity contribution in [2.24, 2.45) is 0 Å². The Morgan fingerprint density at radius 1 is 0.625 bits per heavy atom. The van der Waals surface area contributed by atoms with Crippen LogP contribution in [0.3, 0.4) is 0 Å². The summed E-state index contributed by atoms with van der Waals surface area (Å²) < 4.78 is 13.7. The van der Waals surface area contributed by atoms with Crippen molar-refractivity contribution < 1.29 is 29.3 Å². The number of esters is 2. The van der Waals surface area contributed by atoms with E-state index in [1.165, 1.54) is 64.2 Å². The fourth-order valence-electron chi connectivity index (χ4n) is 7.61. The number of imidazole rings is 1. The number of ether oxygens (including phenoxy) is 2. The van der Waals surface area contributed by atoms with Crippen LogP contribution in [0.2, 0.25) is 0 Å². The van der Waals surface area contributed by atoms with E-state index in [0.717, 1.165) is 88.1 Å². The fourth-order valence-corrected chi connectivity index (χ4v) is 7.61. The molecule has 9 nitrogen and oxygen atoms in total. The van der Waals surface area contributed by atoms with Gasteiger partial charge in [-0.25, -0.2) is 4.98 Å². The first-order valence-corrected chi connectivity index (χ1v) is 23.2. The van der Waals surface area contributed by atoms with Gasteiger partial charge in [-0.15, -0.1) is 0 Å². The van der Waals surface area contributed by atoms with Crippen LogP contribution >= 0.6 is 0 Å². The molecule has 2 aromatic rings. The lowest BCUT2D eigenvalue weighted by Gasteiger charge is -2.27. The molecule has 2 N–H and O–H groups in total. The van der Waals surface area contributed by atoms with Crippen LogP contribution < -0.4 is 0 Å². The Balaban J connectivity index is 1.72. The number of carbonyl (C=O) groups excluding carboxylic acids is 2. The molecule has 9 heteroatoms. The molecule has 2 rings (SSSR count). The molecule has 0 radical (unpaired) electrons. The van der Waals surface area contributed by atoms with Crippen molar-refractivity contribution in [3.05, 3.63) is 30.6 Å². The number of rotatable bonds is 37. The lowest BCUT2D eigenvalue weighted by atomic mass is 10.1. The number of para-hydroxylation sites is 2. The molecular formula is C47H83N3O6. The van der Waals surface area contributed by atoms with E-state index in [-0.39, 0.29) is 24.1 Å². The Morgan fingerprint density at radius 2 is 1.07 bits per heavy atom. The van der Waals surface area contributed by atoms with Crippen LogP contribution in [-0.2, 0) is 25.6 Å². The van der Waals surface area contributed by atoms with E-state index in [1.807, 2.05) is 24.5 Å². The number of hydrogen-bond donors (Lipinski definition) is 2. The number of carbonyl (C=O) groups is 2. The summed E-state index contributed by atoms with van der Waals surface area (Å²) in [5.74, 6) is -0.195. The van der Waals surface area contributed by atoms with Crippen molar-refractivity contribution >= 4 is 23.0 Å². The van der Waals surface area contributed by atoms with E-state index in [1.54, 1.807) is 0 Å². The summed E-state index contributed by atoms with van der Waals surface area (Å²) in [7, 11) is 0. The molecule has 0 aliphatic heterocycles. The quantitative estimate of drug-likeness (QED) is 0.0514. The average molecular weight is 786 g/mol. The van der Waals surface area contributed by atoms with E-state index in [0.29, 0.717) is 51.9 Å². The Morgan fingerprint density at radius 3 is 1.57 bits per heavy atom. The van der Waals surface area contributed by atoms with Gasteiger partial charge in [0, 0.05) is 39.0 Å². The van der Waals surface area contributed by atoms with Gasteiger partial charge >= 0.3 is 11.9 Å². The lowest BCUT2D eigenvalue weighted by Crippen LogP contribution is -2.39. The van der Waals surface area contributed by atoms with Crippen LogP contribution in [0.25, 0.3) is 11.0 Å². The van der Waals surface area contributed by atoms with Gasteiger partial charge in [0.2, 0.25) is 0 Å². The maximum atomic E-state index is 12.5. The monoisotopic (exact) mass is 786 g/mol. The van der Waals surface area contributed by atoms with Gasteiger partial charge in [-0.3, -0.25) is 14.5 Å². The molecule has 0 aliphatic carbocycles. The van der Waals surface area contributed by atoms with Gasteiger partial charge in [-0.05, 0) is 76.3 Å². The first-order valence-electron chi connectivity index (χ1n) is 23.2. The molecule has 1 aromatic heterocycles. The van der Waals surface area contributed by atoms with Crippen molar-refractivity contribution in [3.8, 4) is 0 Å². The molecule has 4 atom stereocenters. The zero-order valence-corrected chi connectivity index (χ0v) is 36.3. The van der Waals surface area contributed by atoms with Crippen LogP contribution in [0, 0.1) is 0 Å². The second-order valence-electron chi connectivity index (χ2n) is 16.3. The number of fused-ring (bicyclic) bond motifs is 1. The van der Waals surface area contributed by atoms with Gasteiger partial charge < -0.3 is 24.3 Å². The van der Waals surface area contributed by atoms with Crippen molar-refractivity contribution in [1.29, 1.82) is 0 Å². The number of aromatic nitrogens is 2. The highest BCUT2D eigenvalue weighted by Gasteiger charge is 2.18. The van der Waals surface area contributed by atoms with Gasteiger partial charge in [-0.1, -0.05) is 130 Å². The third-order valence-electron chi connectivity index (χ3n) is 11.2. The van der Waals surface area contributed by atoms with Gasteiger partial charge in [0.15, 0.2) is 0 Å². The molecule has 56 heavy (non-hydrogen) atoms. The Bertz CT molecular complexity index is 1200. The summed E-state index contributed by atoms with van der Waals surface area (Å²) in [5.41, 5.74) is 2.03. The lowest BCUT2D eigenvalue weighted by molar-refractivity contribution is -0.150. The Labute approximate surface area is 341 Å². The molecule has 0 amide bonds. The third-order valence-corrected chi connectivity index (χ3v) is 11.2. The normalized spacial score (nSPS) is 13.9. The zero-order valence-electron chi connectivity index (χ0n) is 36.3. The molecule has 0 spiro atoms. The van der Waals surface area contributed by atoms with E-state index >= 15 is 0 Å². The molecule has 1 aromatic carbocycles. The molecular weight excluding hydrogens is 703 g/mol. The summed E-state index contributed by atoms with van der Waals surface area (Å²) in [4.78, 5) is 31.7. The molecule has 322 valence electrons. The predicted molar refractivity (Wildman–Crippen MR) is 231 cm³/mol. The van der Waals surface area contributed by atoms with Crippen molar-refractivity contribution in [3.63, 3.8) is 0 Å². The van der Waals surface area contributed by atoms with E-state index in [9.17, 15) is 19.8 Å². The SMILES string of the molecule is CCCCCCCCC(CC)OC(=O)CCCCCC(O)CN(CCn1cnc2ccccc21)CC(O)CCCCCC(=O)OC(CC)CCCCCCCC. The van der Waals surface area contributed by atoms with E-state index in [2.05, 4.69) is 48.2 Å². The first kappa shape index (κ1) is 49.7. The summed E-state index contributed by atoms with van der Waals surface area (Å²) in [5, 5.41) is 22.1. The topological polar surface area (TPSA) is 114 Å². The first-order chi connectivity index (χ1) is 27.3. The molecule has 1 heterocycles. The minimum Gasteiger partial charge on any atom is -0.462 e. The summed E-state index contributed by atoms with van der Waals surface area (Å²) in [6.45, 7) is 11.0. The van der Waals surface area contributed by atoms with Crippen LogP contribution in [0.5, 0.6) is 0 Å². The highest BCUT2D eigenvalue weighted by Crippen LogP contribution is 2.18. The van der Waals surface area contributed by atoms with Crippen LogP contribution in [0.1, 0.15) is 195 Å². The largest absolute Gasteiger partial charge is 0.462 e. The number of aliphatic hydroxyl groups excluding tert-OH is 2. The standard InChI is InChI=1S/C47H83N3O6/c1-5-9-11-13-15-21-29-42(7-3)55-46(53)33-23-17-19-27-40(51)37-49(35-36-50-39-48-44-31-25-26-32-45(44)50)38-41(52)28-20-18-24-34-47(54)56-43(8-4)30-22-16-14-12-10-6-2/h25-26,31-32,39-43,51-52H,5-24,27-30,33-38H2,1-4H3. The van der Waals surface area contributed by atoms with Crippen LogP contribution in [0.15, 0.2) is 30.6 Å². The van der Waals surface area contributed by atoms with Crippen molar-refractivity contribution in [2.45, 2.75) is 226 Å². The minimum absolute atomic E-state index is 0.0268. The smallest absolute Gasteiger partial charge is 0.306 e. The molecule has 0 aliphatic rings. The number of unbranched alkanes of at least 4 members (excludes halogenated alkanes) is 14. The van der Waals surface area contributed by atoms with Gasteiger partial charge in [0.25, 0.3) is 0 Å². The van der Waals surface area contributed by atoms with Crippen LogP contribution in [-0.4, -0.2) is 80.7 Å². The molecule has 0 saturated carbocycles. The number of nitrogens with zero attached hydrogens (tertiary/aromatic N) is 3. The summed E-state index contributed by atoms with van der Waals surface area (Å²) in [6, 6.07) is 8.08. The van der Waals surface area contributed by atoms with Crippen molar-refractivity contribution in [1.82, 2.24) is 14.5 Å². The van der Waals surface area contributed by atoms with E-state index in [4.69, 9.17) is 9.47 Å². The van der Waals surface area contributed by atoms with E-state index < -0.39 is 12.2 Å². The zero-order chi connectivity index (χ0) is 40.6. The highest BCUT2D eigenvalue weighted by atomic mass is 16.5. The Kier molecular flexibility index (Phi) is 28.8. The van der Waals surface area contributed by atoms with Gasteiger partial charge in [-0.2, -0.15) is 0 Å². The van der Waals surface area contributed by atoms with Crippen LogP contribution in [0.4, 0.5) is 0 Å². The second-order valence-corrected chi connectivity index (χ2v) is 16.3. The minimum atomic E-state index is -0.519. The van der Waals surface area contributed by atoms with Crippen molar-refractivity contribution in [2.75, 3.05) is 19.6 Å². The Hall–Kier alpha value is -2.49. The molecule has 4 unspecified atom stereocenters. The summed E-state index contributed by atoms with van der Waals surface area (Å²) in [6.07, 6.45) is 26.6. The summed E-state index contributed by atoms with van der Waals surface area (Å²) >= 11 is 0. The fraction of sp³-hybridized carbons (Fsp3) is 0.809. The number of aliphatic hydroxyl groups is 2. The number of hydrogen-bond acceptors (Lipinski definition) is 8. The molecule has 0 fully saturated rings. The highest BCUT2D eigenvalue weighted by molar-refractivity contribution is 5.74. The predicted octanol–water partition coefficient (Wildman–Crippen LogP) is 11.1.